The number of hydrogen-bond donors (Lipinski definition) is 0. The minimum Gasteiger partial charge on any atom is -0.544 e. The Bertz CT molecular complexity index is 934. The molecule has 5 heteroatoms. The molecular weight excluding hydrogens is 477 g/mol. The number of allylic oxidation sites excluding steroid dienone is 1. The molecule has 2 atom stereocenters. The average molecular weight is 531 g/mol. The fourth-order valence-corrected chi connectivity index (χ4v) is 7.26. The summed E-state index contributed by atoms with van der Waals surface area (Å²) >= 11 is 0. The van der Waals surface area contributed by atoms with Crippen LogP contribution in [0.2, 0.25) is 39.3 Å². The van der Waals surface area contributed by atoms with Crippen molar-refractivity contribution in [1.82, 2.24) is 0 Å². The van der Waals surface area contributed by atoms with E-state index in [0.29, 0.717) is 11.8 Å². The largest absolute Gasteiger partial charge is 0.544 e. The summed E-state index contributed by atoms with van der Waals surface area (Å²) in [5.74, 6) is 2.99. The van der Waals surface area contributed by atoms with Gasteiger partial charge in [-0.25, -0.2) is 0 Å². The van der Waals surface area contributed by atoms with Crippen molar-refractivity contribution < 1.29 is 13.6 Å². The number of benzene rings is 1. The highest BCUT2D eigenvalue weighted by molar-refractivity contribution is 6.70. The Morgan fingerprint density at radius 2 is 1.69 bits per heavy atom. The van der Waals surface area contributed by atoms with Crippen molar-refractivity contribution in [3.8, 4) is 11.5 Å². The molecule has 0 N–H and O–H groups in total. The molecule has 0 saturated heterocycles. The van der Waals surface area contributed by atoms with E-state index in [0.717, 1.165) is 30.9 Å². The molecule has 0 aromatic heterocycles. The van der Waals surface area contributed by atoms with Crippen LogP contribution in [0.25, 0.3) is 0 Å². The van der Waals surface area contributed by atoms with Crippen LogP contribution in [-0.4, -0.2) is 28.8 Å². The molecule has 3 nitrogen and oxygen atoms in total. The fraction of sp³-hybridized carbons (Fsp3) is 0.742. The topological polar surface area (TPSA) is 27.7 Å². The molecule has 1 aliphatic carbocycles. The lowest BCUT2D eigenvalue weighted by atomic mass is 9.66. The Morgan fingerprint density at radius 1 is 1.00 bits per heavy atom. The van der Waals surface area contributed by atoms with Gasteiger partial charge >= 0.3 is 0 Å². The summed E-state index contributed by atoms with van der Waals surface area (Å²) < 4.78 is 20.0. The molecular formula is C31H54O3Si2. The van der Waals surface area contributed by atoms with E-state index in [1.807, 2.05) is 0 Å². The van der Waals surface area contributed by atoms with Crippen LogP contribution in [0.15, 0.2) is 23.8 Å². The maximum atomic E-state index is 6.86. The number of ether oxygens (including phenoxy) is 1. The van der Waals surface area contributed by atoms with Crippen molar-refractivity contribution in [1.29, 1.82) is 0 Å². The van der Waals surface area contributed by atoms with Gasteiger partial charge < -0.3 is 13.6 Å². The first-order valence-electron chi connectivity index (χ1n) is 14.4. The molecule has 0 fully saturated rings. The van der Waals surface area contributed by atoms with Gasteiger partial charge in [-0.3, -0.25) is 0 Å². The first kappa shape index (κ1) is 29.5. The summed E-state index contributed by atoms with van der Waals surface area (Å²) in [7, 11) is -3.37. The van der Waals surface area contributed by atoms with Crippen LogP contribution in [0, 0.1) is 5.92 Å². The molecule has 36 heavy (non-hydrogen) atoms. The third-order valence-corrected chi connectivity index (χ3v) is 9.76. The lowest BCUT2D eigenvalue weighted by Gasteiger charge is -2.48. The summed E-state index contributed by atoms with van der Waals surface area (Å²) in [6.45, 7) is 26.1. The SMILES string of the molecule is CCCCCCC(C)(C)c1cc2c(c(O[Si](C)(C)C)c1)[C@H]1CC(CO[Si](C)(C)C)=CC[C@@H]1C(C)(C)O2. The normalized spacial score (nSPS) is 21.8. The van der Waals surface area contributed by atoms with Crippen LogP contribution in [0.3, 0.4) is 0 Å². The molecule has 1 aromatic rings. The number of rotatable bonds is 11. The van der Waals surface area contributed by atoms with Crippen LogP contribution in [-0.2, 0) is 9.84 Å². The third kappa shape index (κ3) is 7.51. The summed E-state index contributed by atoms with van der Waals surface area (Å²) in [4.78, 5) is 0. The molecule has 2 aliphatic rings. The van der Waals surface area contributed by atoms with Gasteiger partial charge in [0.15, 0.2) is 8.32 Å². The standard InChI is InChI=1S/C31H54O3Si2/c1-12-13-14-15-18-30(2,3)24-20-27-29(28(21-24)34-36(9,10)11)25-19-23(22-32-35(6,7)8)16-17-26(25)31(4,5)33-27/h16,20-21,25-26H,12-15,17-19,22H2,1-11H3/t25-,26-/m0/s1. The van der Waals surface area contributed by atoms with Gasteiger partial charge in [-0.1, -0.05) is 52.5 Å². The third-order valence-electron chi connectivity index (χ3n) is 7.91. The highest BCUT2D eigenvalue weighted by atomic mass is 28.4. The summed E-state index contributed by atoms with van der Waals surface area (Å²) in [5, 5.41) is 0. The molecule has 0 bridgehead atoms. The Balaban J connectivity index is 2.02. The quantitative estimate of drug-likeness (QED) is 0.162. The summed E-state index contributed by atoms with van der Waals surface area (Å²) in [5.41, 5.74) is 3.99. The van der Waals surface area contributed by atoms with Gasteiger partial charge in [0.25, 0.3) is 0 Å². The highest BCUT2D eigenvalue weighted by Crippen LogP contribution is 2.55. The van der Waals surface area contributed by atoms with Crippen LogP contribution < -0.4 is 9.16 Å². The van der Waals surface area contributed by atoms with Crippen molar-refractivity contribution in [3.05, 3.63) is 34.9 Å². The zero-order valence-electron chi connectivity index (χ0n) is 25.3. The minimum atomic E-state index is -1.81. The second-order valence-electron chi connectivity index (χ2n) is 14.4. The van der Waals surface area contributed by atoms with Gasteiger partial charge in [0.05, 0.1) is 6.61 Å². The lowest BCUT2D eigenvalue weighted by Crippen LogP contribution is -2.46. The van der Waals surface area contributed by atoms with Crippen molar-refractivity contribution in [3.63, 3.8) is 0 Å². The monoisotopic (exact) mass is 530 g/mol. The van der Waals surface area contributed by atoms with Crippen LogP contribution >= 0.6 is 0 Å². The molecule has 204 valence electrons. The van der Waals surface area contributed by atoms with Crippen molar-refractivity contribution in [2.45, 2.75) is 136 Å². The van der Waals surface area contributed by atoms with E-state index in [1.165, 1.54) is 48.8 Å². The van der Waals surface area contributed by atoms with E-state index in [2.05, 4.69) is 92.1 Å². The number of fused-ring (bicyclic) bond motifs is 3. The molecule has 0 saturated carbocycles. The second kappa shape index (κ2) is 11.0. The van der Waals surface area contributed by atoms with Gasteiger partial charge in [-0.2, -0.15) is 0 Å². The van der Waals surface area contributed by atoms with Crippen LogP contribution in [0.5, 0.6) is 11.5 Å². The zero-order valence-corrected chi connectivity index (χ0v) is 27.3. The van der Waals surface area contributed by atoms with E-state index in [9.17, 15) is 0 Å². The highest BCUT2D eigenvalue weighted by Gasteiger charge is 2.47. The van der Waals surface area contributed by atoms with E-state index in [-0.39, 0.29) is 11.0 Å². The zero-order chi connectivity index (χ0) is 26.9. The molecule has 0 spiro atoms. The summed E-state index contributed by atoms with van der Waals surface area (Å²) in [6, 6.07) is 4.74. The Morgan fingerprint density at radius 3 is 2.31 bits per heavy atom. The van der Waals surface area contributed by atoms with E-state index >= 15 is 0 Å². The Labute approximate surface area is 224 Å². The summed E-state index contributed by atoms with van der Waals surface area (Å²) in [6.07, 6.45) is 10.9. The maximum Gasteiger partial charge on any atom is 0.242 e. The molecule has 0 unspecified atom stereocenters. The number of unbranched alkanes of at least 4 members (excludes halogenated alkanes) is 3. The van der Waals surface area contributed by atoms with Crippen LogP contribution in [0.4, 0.5) is 0 Å². The first-order valence-corrected chi connectivity index (χ1v) is 21.2. The van der Waals surface area contributed by atoms with Gasteiger partial charge in [0, 0.05) is 17.4 Å². The van der Waals surface area contributed by atoms with E-state index < -0.39 is 16.6 Å². The van der Waals surface area contributed by atoms with Crippen LogP contribution in [0.1, 0.15) is 96.6 Å². The molecule has 1 heterocycles. The molecule has 1 aliphatic heterocycles. The molecule has 1 aromatic carbocycles. The molecule has 3 rings (SSSR count). The van der Waals surface area contributed by atoms with Crippen molar-refractivity contribution in [2.24, 2.45) is 5.92 Å². The first-order chi connectivity index (χ1) is 16.5. The molecule has 0 amide bonds. The van der Waals surface area contributed by atoms with E-state index in [4.69, 9.17) is 13.6 Å². The minimum absolute atomic E-state index is 0.0908. The van der Waals surface area contributed by atoms with Gasteiger partial charge in [0.1, 0.15) is 17.1 Å². The Hall–Kier alpha value is -1.05. The lowest BCUT2D eigenvalue weighted by molar-refractivity contribution is 0.00701. The predicted molar refractivity (Wildman–Crippen MR) is 160 cm³/mol. The van der Waals surface area contributed by atoms with Gasteiger partial charge in [-0.15, -0.1) is 0 Å². The van der Waals surface area contributed by atoms with E-state index in [1.54, 1.807) is 0 Å². The van der Waals surface area contributed by atoms with Gasteiger partial charge in [-0.05, 0) is 101 Å². The molecule has 0 radical (unpaired) electrons. The smallest absolute Gasteiger partial charge is 0.242 e. The van der Waals surface area contributed by atoms with Crippen molar-refractivity contribution >= 4 is 16.6 Å². The van der Waals surface area contributed by atoms with Crippen molar-refractivity contribution in [2.75, 3.05) is 6.61 Å². The maximum absolute atomic E-state index is 6.86. The predicted octanol–water partition coefficient (Wildman–Crippen LogP) is 9.59. The Kier molecular flexibility index (Phi) is 9.00. The average Bonchev–Trinajstić information content (AvgIpc) is 2.72. The fourth-order valence-electron chi connectivity index (χ4n) is 5.82. The van der Waals surface area contributed by atoms with Gasteiger partial charge in [0.2, 0.25) is 8.32 Å². The number of hydrogen-bond acceptors (Lipinski definition) is 3. The second-order valence-corrected chi connectivity index (χ2v) is 23.4.